The number of nitrogens with one attached hydrogen (secondary N) is 1. The van der Waals surface area contributed by atoms with Crippen LogP contribution in [0.15, 0.2) is 34.3 Å². The lowest BCUT2D eigenvalue weighted by atomic mass is 10.3. The number of hydrogen-bond donors (Lipinski definition) is 2. The molecule has 96 valence electrons. The zero-order chi connectivity index (χ0) is 13.0. The summed E-state index contributed by atoms with van der Waals surface area (Å²) in [4.78, 5) is 15.7. The van der Waals surface area contributed by atoms with Gasteiger partial charge in [0.05, 0.1) is 10.9 Å². The first-order valence-electron chi connectivity index (χ1n) is 5.69. The standard InChI is InChI=1S/C11H15N5OS/c1-2-16-10(17)14-15-11(16)18-9(7-12)8-5-3-4-6-13-8/h3-6,9H,2,7,12H2,1H3,(H,14,17). The number of nitrogens with two attached hydrogens (primary N) is 1. The summed E-state index contributed by atoms with van der Waals surface area (Å²) in [7, 11) is 0. The summed E-state index contributed by atoms with van der Waals surface area (Å²) in [6.45, 7) is 2.92. The van der Waals surface area contributed by atoms with Crippen LogP contribution in [-0.4, -0.2) is 26.3 Å². The topological polar surface area (TPSA) is 89.6 Å². The second-order valence-corrected chi connectivity index (χ2v) is 4.82. The maximum absolute atomic E-state index is 11.5. The number of hydrogen-bond acceptors (Lipinski definition) is 5. The molecule has 2 heterocycles. The molecule has 2 rings (SSSR count). The van der Waals surface area contributed by atoms with Crippen molar-refractivity contribution in [1.29, 1.82) is 0 Å². The van der Waals surface area contributed by atoms with Crippen LogP contribution in [0.3, 0.4) is 0 Å². The van der Waals surface area contributed by atoms with E-state index in [4.69, 9.17) is 5.73 Å². The van der Waals surface area contributed by atoms with Crippen LogP contribution < -0.4 is 11.4 Å². The zero-order valence-corrected chi connectivity index (χ0v) is 10.9. The largest absolute Gasteiger partial charge is 0.343 e. The maximum atomic E-state index is 11.5. The van der Waals surface area contributed by atoms with Crippen molar-refractivity contribution < 1.29 is 0 Å². The van der Waals surface area contributed by atoms with E-state index in [2.05, 4.69) is 15.2 Å². The van der Waals surface area contributed by atoms with Gasteiger partial charge < -0.3 is 5.73 Å². The van der Waals surface area contributed by atoms with Gasteiger partial charge in [0, 0.05) is 19.3 Å². The van der Waals surface area contributed by atoms with Crippen molar-refractivity contribution in [3.8, 4) is 0 Å². The molecule has 2 aromatic rings. The molecule has 0 amide bonds. The minimum atomic E-state index is -0.197. The Kier molecular flexibility index (Phi) is 4.16. The Balaban J connectivity index is 2.23. The van der Waals surface area contributed by atoms with E-state index in [-0.39, 0.29) is 10.9 Å². The third-order valence-corrected chi connectivity index (χ3v) is 3.76. The number of pyridine rings is 1. The molecular weight excluding hydrogens is 250 g/mol. The molecule has 1 atom stereocenters. The van der Waals surface area contributed by atoms with Crippen LogP contribution in [0.2, 0.25) is 0 Å². The van der Waals surface area contributed by atoms with Crippen molar-refractivity contribution in [2.75, 3.05) is 6.54 Å². The molecule has 0 fully saturated rings. The molecule has 0 saturated heterocycles. The van der Waals surface area contributed by atoms with E-state index >= 15 is 0 Å². The Labute approximate surface area is 109 Å². The molecule has 0 bridgehead atoms. The number of aromatic amines is 1. The fraction of sp³-hybridized carbons (Fsp3) is 0.364. The smallest absolute Gasteiger partial charge is 0.329 e. The van der Waals surface area contributed by atoms with E-state index in [1.807, 2.05) is 25.1 Å². The highest BCUT2D eigenvalue weighted by Gasteiger charge is 2.17. The van der Waals surface area contributed by atoms with Crippen molar-refractivity contribution >= 4 is 11.8 Å². The van der Waals surface area contributed by atoms with Crippen LogP contribution in [0, 0.1) is 0 Å². The first-order chi connectivity index (χ1) is 8.76. The van der Waals surface area contributed by atoms with Gasteiger partial charge in [-0.2, -0.15) is 0 Å². The first-order valence-corrected chi connectivity index (χ1v) is 6.57. The van der Waals surface area contributed by atoms with Crippen molar-refractivity contribution in [2.24, 2.45) is 5.73 Å². The molecule has 18 heavy (non-hydrogen) atoms. The van der Waals surface area contributed by atoms with Gasteiger partial charge in [-0.1, -0.05) is 17.8 Å². The Morgan fingerprint density at radius 2 is 2.39 bits per heavy atom. The second kappa shape index (κ2) is 5.83. The van der Waals surface area contributed by atoms with Crippen LogP contribution in [0.5, 0.6) is 0 Å². The van der Waals surface area contributed by atoms with E-state index in [1.54, 1.807) is 10.8 Å². The molecule has 7 heteroatoms. The third-order valence-electron chi connectivity index (χ3n) is 2.52. The van der Waals surface area contributed by atoms with Crippen LogP contribution in [0.25, 0.3) is 0 Å². The lowest BCUT2D eigenvalue weighted by molar-refractivity contribution is 0.658. The number of rotatable bonds is 5. The minimum Gasteiger partial charge on any atom is -0.329 e. The average molecular weight is 265 g/mol. The van der Waals surface area contributed by atoms with Gasteiger partial charge in [0.1, 0.15) is 0 Å². The SMILES string of the molecule is CCn1c(SC(CN)c2ccccn2)n[nH]c1=O. The molecule has 1 unspecified atom stereocenters. The highest BCUT2D eigenvalue weighted by atomic mass is 32.2. The zero-order valence-electron chi connectivity index (χ0n) is 10.0. The number of H-pyrrole nitrogens is 1. The van der Waals surface area contributed by atoms with Crippen LogP contribution in [0.4, 0.5) is 0 Å². The summed E-state index contributed by atoms with van der Waals surface area (Å²) in [5, 5.41) is 7.08. The Morgan fingerprint density at radius 3 is 3.00 bits per heavy atom. The molecule has 3 N–H and O–H groups in total. The summed E-state index contributed by atoms with van der Waals surface area (Å²) >= 11 is 1.45. The van der Waals surface area contributed by atoms with Gasteiger partial charge in [0.15, 0.2) is 5.16 Å². The fourth-order valence-corrected chi connectivity index (χ4v) is 2.64. The molecule has 0 aliphatic carbocycles. The molecule has 0 aromatic carbocycles. The fourth-order valence-electron chi connectivity index (χ4n) is 1.59. The van der Waals surface area contributed by atoms with Gasteiger partial charge in [-0.25, -0.2) is 9.89 Å². The summed E-state index contributed by atoms with van der Waals surface area (Å²) in [5.41, 5.74) is 6.46. The molecule has 2 aromatic heterocycles. The number of thioether (sulfide) groups is 1. The Bertz CT molecular complexity index is 550. The molecule has 6 nitrogen and oxygen atoms in total. The van der Waals surface area contributed by atoms with E-state index in [9.17, 15) is 4.79 Å². The second-order valence-electron chi connectivity index (χ2n) is 3.65. The van der Waals surface area contributed by atoms with Crippen molar-refractivity contribution in [3.63, 3.8) is 0 Å². The molecule has 0 saturated carbocycles. The van der Waals surface area contributed by atoms with E-state index < -0.39 is 0 Å². The van der Waals surface area contributed by atoms with Crippen molar-refractivity contribution in [1.82, 2.24) is 19.7 Å². The van der Waals surface area contributed by atoms with E-state index in [0.29, 0.717) is 18.2 Å². The summed E-state index contributed by atoms with van der Waals surface area (Å²) in [6, 6.07) is 5.70. The molecule has 0 spiro atoms. The summed E-state index contributed by atoms with van der Waals surface area (Å²) in [6.07, 6.45) is 1.73. The van der Waals surface area contributed by atoms with Crippen molar-refractivity contribution in [2.45, 2.75) is 23.9 Å². The summed E-state index contributed by atoms with van der Waals surface area (Å²) in [5.74, 6) is 0. The van der Waals surface area contributed by atoms with Gasteiger partial charge >= 0.3 is 5.69 Å². The monoisotopic (exact) mass is 265 g/mol. The molecular formula is C11H15N5OS. The predicted octanol–water partition coefficient (Wildman–Crippen LogP) is 0.778. The van der Waals surface area contributed by atoms with Gasteiger partial charge in [0.25, 0.3) is 0 Å². The first kappa shape index (κ1) is 12.8. The highest BCUT2D eigenvalue weighted by molar-refractivity contribution is 7.99. The van der Waals surface area contributed by atoms with Crippen molar-refractivity contribution in [3.05, 3.63) is 40.6 Å². The van der Waals surface area contributed by atoms with Gasteiger partial charge in [-0.3, -0.25) is 9.55 Å². The predicted molar refractivity (Wildman–Crippen MR) is 70.4 cm³/mol. The maximum Gasteiger partial charge on any atom is 0.343 e. The van der Waals surface area contributed by atoms with Crippen LogP contribution in [-0.2, 0) is 6.54 Å². The van der Waals surface area contributed by atoms with E-state index in [0.717, 1.165) is 5.69 Å². The Hall–Kier alpha value is -1.60. The molecule has 0 radical (unpaired) electrons. The average Bonchev–Trinajstić information content (AvgIpc) is 2.77. The lowest BCUT2D eigenvalue weighted by Crippen LogP contribution is -2.17. The van der Waals surface area contributed by atoms with Crippen LogP contribution >= 0.6 is 11.8 Å². The van der Waals surface area contributed by atoms with E-state index in [1.165, 1.54) is 11.8 Å². The Morgan fingerprint density at radius 1 is 1.56 bits per heavy atom. The summed E-state index contributed by atoms with van der Waals surface area (Å²) < 4.78 is 1.58. The highest BCUT2D eigenvalue weighted by Crippen LogP contribution is 2.31. The lowest BCUT2D eigenvalue weighted by Gasteiger charge is -2.12. The third kappa shape index (κ3) is 2.62. The molecule has 0 aliphatic heterocycles. The van der Waals surface area contributed by atoms with Gasteiger partial charge in [-0.15, -0.1) is 5.10 Å². The normalized spacial score (nSPS) is 12.6. The van der Waals surface area contributed by atoms with Gasteiger partial charge in [-0.05, 0) is 19.1 Å². The molecule has 0 aliphatic rings. The van der Waals surface area contributed by atoms with Gasteiger partial charge in [0.2, 0.25) is 0 Å². The van der Waals surface area contributed by atoms with Crippen LogP contribution in [0.1, 0.15) is 17.9 Å². The number of aromatic nitrogens is 4. The minimum absolute atomic E-state index is 0.00769. The quantitative estimate of drug-likeness (QED) is 0.780. The number of nitrogens with zero attached hydrogens (tertiary/aromatic N) is 3.